The van der Waals surface area contributed by atoms with Crippen molar-refractivity contribution in [2.45, 2.75) is 19.8 Å². The van der Waals surface area contributed by atoms with Gasteiger partial charge in [0.2, 0.25) is 5.91 Å². The van der Waals surface area contributed by atoms with E-state index in [1.54, 1.807) is 4.90 Å². The van der Waals surface area contributed by atoms with Gasteiger partial charge in [-0.05, 0) is 30.7 Å². The van der Waals surface area contributed by atoms with Crippen molar-refractivity contribution in [3.05, 3.63) is 54.6 Å². The third kappa shape index (κ3) is 5.33. The van der Waals surface area contributed by atoms with Crippen LogP contribution in [0.1, 0.15) is 19.8 Å². The maximum absolute atomic E-state index is 12.1. The number of benzene rings is 2. The molecule has 0 atom stereocenters. The number of carbonyl (C=O) groups excluding carboxylic acids is 1. The largest absolute Gasteiger partial charge is 0.455 e. The zero-order chi connectivity index (χ0) is 16.5. The van der Waals surface area contributed by atoms with Gasteiger partial charge in [-0.1, -0.05) is 43.7 Å². The van der Waals surface area contributed by atoms with Crippen LogP contribution in [0.2, 0.25) is 0 Å². The van der Waals surface area contributed by atoms with Gasteiger partial charge in [0.1, 0.15) is 5.75 Å². The molecule has 2 aromatic carbocycles. The first-order chi connectivity index (χ1) is 11.2. The Balaban J connectivity index is 1.96. The maximum atomic E-state index is 12.1. The summed E-state index contributed by atoms with van der Waals surface area (Å²) in [4.78, 5) is 13.9. The Morgan fingerprint density at radius 3 is 2.52 bits per heavy atom. The van der Waals surface area contributed by atoms with Crippen LogP contribution in [0, 0.1) is 0 Å². The van der Waals surface area contributed by atoms with Crippen LogP contribution in [-0.4, -0.2) is 30.9 Å². The number of para-hydroxylation sites is 3. The third-order valence-corrected chi connectivity index (χ3v) is 3.56. The molecule has 2 aromatic rings. The Morgan fingerprint density at radius 2 is 1.78 bits per heavy atom. The number of hydrogen-bond acceptors (Lipinski definition) is 3. The SMILES string of the molecule is CCCCN(C)C(=O)CNc1ccccc1Oc1ccccc1. The van der Waals surface area contributed by atoms with Gasteiger partial charge in [-0.3, -0.25) is 4.79 Å². The maximum Gasteiger partial charge on any atom is 0.241 e. The van der Waals surface area contributed by atoms with E-state index in [-0.39, 0.29) is 12.5 Å². The van der Waals surface area contributed by atoms with Gasteiger partial charge in [0.25, 0.3) is 0 Å². The van der Waals surface area contributed by atoms with Crippen molar-refractivity contribution in [2.75, 3.05) is 25.5 Å². The average Bonchev–Trinajstić information content (AvgIpc) is 2.59. The van der Waals surface area contributed by atoms with E-state index in [1.807, 2.05) is 61.6 Å². The molecule has 0 spiro atoms. The third-order valence-electron chi connectivity index (χ3n) is 3.56. The number of amides is 1. The van der Waals surface area contributed by atoms with Gasteiger partial charge >= 0.3 is 0 Å². The standard InChI is InChI=1S/C19H24N2O2/c1-3-4-14-21(2)19(22)15-20-17-12-8-9-13-18(17)23-16-10-6-5-7-11-16/h5-13,20H,3-4,14-15H2,1-2H3. The fraction of sp³-hybridized carbons (Fsp3) is 0.316. The van der Waals surface area contributed by atoms with E-state index in [2.05, 4.69) is 12.2 Å². The number of anilines is 1. The van der Waals surface area contributed by atoms with Crippen LogP contribution < -0.4 is 10.1 Å². The lowest BCUT2D eigenvalue weighted by molar-refractivity contribution is -0.128. The number of nitrogens with one attached hydrogen (secondary N) is 1. The minimum Gasteiger partial charge on any atom is -0.455 e. The smallest absolute Gasteiger partial charge is 0.241 e. The average molecular weight is 312 g/mol. The number of nitrogens with zero attached hydrogens (tertiary/aromatic N) is 1. The van der Waals surface area contributed by atoms with Crippen LogP contribution in [0.15, 0.2) is 54.6 Å². The predicted octanol–water partition coefficient (Wildman–Crippen LogP) is 4.15. The summed E-state index contributed by atoms with van der Waals surface area (Å²) in [6, 6.07) is 17.3. The molecule has 0 aliphatic heterocycles. The fourth-order valence-electron chi connectivity index (χ4n) is 2.14. The van der Waals surface area contributed by atoms with Crippen LogP contribution in [0.3, 0.4) is 0 Å². The van der Waals surface area contributed by atoms with Crippen molar-refractivity contribution in [3.8, 4) is 11.5 Å². The lowest BCUT2D eigenvalue weighted by Gasteiger charge is -2.18. The first kappa shape index (κ1) is 16.9. The summed E-state index contributed by atoms with van der Waals surface area (Å²) in [5, 5.41) is 3.17. The molecule has 0 saturated carbocycles. The number of carbonyl (C=O) groups is 1. The Hall–Kier alpha value is -2.49. The summed E-state index contributed by atoms with van der Waals surface area (Å²) in [5.41, 5.74) is 0.814. The van der Waals surface area contributed by atoms with E-state index >= 15 is 0 Å². The number of unbranched alkanes of at least 4 members (excludes halogenated alkanes) is 1. The first-order valence-electron chi connectivity index (χ1n) is 8.00. The van der Waals surface area contributed by atoms with E-state index < -0.39 is 0 Å². The van der Waals surface area contributed by atoms with E-state index in [4.69, 9.17) is 4.74 Å². The molecular weight excluding hydrogens is 288 g/mol. The van der Waals surface area contributed by atoms with Crippen molar-refractivity contribution in [3.63, 3.8) is 0 Å². The van der Waals surface area contributed by atoms with Crippen molar-refractivity contribution in [1.29, 1.82) is 0 Å². The van der Waals surface area contributed by atoms with Gasteiger partial charge in [0.05, 0.1) is 12.2 Å². The highest BCUT2D eigenvalue weighted by molar-refractivity contribution is 5.81. The van der Waals surface area contributed by atoms with E-state index in [0.29, 0.717) is 5.75 Å². The highest BCUT2D eigenvalue weighted by atomic mass is 16.5. The van der Waals surface area contributed by atoms with E-state index in [0.717, 1.165) is 30.8 Å². The van der Waals surface area contributed by atoms with Crippen molar-refractivity contribution >= 4 is 11.6 Å². The molecule has 122 valence electrons. The number of hydrogen-bond donors (Lipinski definition) is 1. The molecule has 2 rings (SSSR count). The van der Waals surface area contributed by atoms with Crippen LogP contribution in [0.4, 0.5) is 5.69 Å². The highest BCUT2D eigenvalue weighted by Crippen LogP contribution is 2.28. The zero-order valence-electron chi connectivity index (χ0n) is 13.8. The van der Waals surface area contributed by atoms with Crippen LogP contribution >= 0.6 is 0 Å². The predicted molar refractivity (Wildman–Crippen MR) is 94.0 cm³/mol. The van der Waals surface area contributed by atoms with Gasteiger partial charge in [-0.15, -0.1) is 0 Å². The highest BCUT2D eigenvalue weighted by Gasteiger charge is 2.10. The van der Waals surface area contributed by atoms with Gasteiger partial charge in [0, 0.05) is 13.6 Å². The zero-order valence-corrected chi connectivity index (χ0v) is 13.8. The summed E-state index contributed by atoms with van der Waals surface area (Å²) in [6.07, 6.45) is 2.11. The lowest BCUT2D eigenvalue weighted by Crippen LogP contribution is -2.32. The minimum absolute atomic E-state index is 0.0768. The quantitative estimate of drug-likeness (QED) is 0.796. The van der Waals surface area contributed by atoms with Crippen LogP contribution in [0.5, 0.6) is 11.5 Å². The van der Waals surface area contributed by atoms with Gasteiger partial charge in [-0.25, -0.2) is 0 Å². The Bertz CT molecular complexity index is 614. The first-order valence-corrected chi connectivity index (χ1v) is 8.00. The summed E-state index contributed by atoms with van der Waals surface area (Å²) in [7, 11) is 1.84. The van der Waals surface area contributed by atoms with Crippen LogP contribution in [-0.2, 0) is 4.79 Å². The second kappa shape index (κ2) is 8.83. The molecular formula is C19H24N2O2. The normalized spacial score (nSPS) is 10.2. The fourth-order valence-corrected chi connectivity index (χ4v) is 2.14. The number of likely N-dealkylation sites (N-methyl/N-ethyl adjacent to an activating group) is 1. The van der Waals surface area contributed by atoms with E-state index in [1.165, 1.54) is 0 Å². The molecule has 4 nitrogen and oxygen atoms in total. The molecule has 1 amide bonds. The van der Waals surface area contributed by atoms with Gasteiger partial charge in [0.15, 0.2) is 5.75 Å². The van der Waals surface area contributed by atoms with Crippen molar-refractivity contribution in [1.82, 2.24) is 4.90 Å². The van der Waals surface area contributed by atoms with Crippen molar-refractivity contribution in [2.24, 2.45) is 0 Å². The number of rotatable bonds is 8. The van der Waals surface area contributed by atoms with E-state index in [9.17, 15) is 4.79 Å². The minimum atomic E-state index is 0.0768. The topological polar surface area (TPSA) is 41.6 Å². The Labute approximate surface area is 138 Å². The Kier molecular flexibility index (Phi) is 6.48. The molecule has 4 heteroatoms. The molecule has 0 heterocycles. The molecule has 0 aliphatic rings. The molecule has 0 radical (unpaired) electrons. The molecule has 23 heavy (non-hydrogen) atoms. The molecule has 0 fully saturated rings. The lowest BCUT2D eigenvalue weighted by atomic mass is 10.2. The summed E-state index contributed by atoms with van der Waals surface area (Å²) in [5.74, 6) is 1.56. The van der Waals surface area contributed by atoms with Crippen LogP contribution in [0.25, 0.3) is 0 Å². The number of ether oxygens (including phenoxy) is 1. The van der Waals surface area contributed by atoms with Gasteiger partial charge < -0.3 is 15.0 Å². The molecule has 0 aromatic heterocycles. The second-order valence-corrected chi connectivity index (χ2v) is 5.43. The summed E-state index contributed by atoms with van der Waals surface area (Å²) >= 11 is 0. The molecule has 1 N–H and O–H groups in total. The second-order valence-electron chi connectivity index (χ2n) is 5.43. The molecule has 0 aliphatic carbocycles. The summed E-state index contributed by atoms with van der Waals surface area (Å²) in [6.45, 7) is 3.17. The Morgan fingerprint density at radius 1 is 1.09 bits per heavy atom. The summed E-state index contributed by atoms with van der Waals surface area (Å²) < 4.78 is 5.88. The molecule has 0 unspecified atom stereocenters. The van der Waals surface area contributed by atoms with Crippen molar-refractivity contribution < 1.29 is 9.53 Å². The van der Waals surface area contributed by atoms with Gasteiger partial charge in [-0.2, -0.15) is 0 Å². The molecule has 0 saturated heterocycles. The molecule has 0 bridgehead atoms. The monoisotopic (exact) mass is 312 g/mol.